The Balaban J connectivity index is 1.50. The molecule has 0 saturated carbocycles. The number of carbonyl (C=O) groups excluding carboxylic acids is 1. The van der Waals surface area contributed by atoms with Crippen LogP contribution >= 0.6 is 11.6 Å². The van der Waals surface area contributed by atoms with Crippen molar-refractivity contribution in [2.24, 2.45) is 0 Å². The summed E-state index contributed by atoms with van der Waals surface area (Å²) in [5.74, 6) is -0.556. The summed E-state index contributed by atoms with van der Waals surface area (Å²) in [5.41, 5.74) is 1.25. The van der Waals surface area contributed by atoms with Crippen LogP contribution in [0.1, 0.15) is 25.0 Å². The first-order chi connectivity index (χ1) is 13.9. The summed E-state index contributed by atoms with van der Waals surface area (Å²) >= 11 is 5.97. The number of imidazole rings is 1. The smallest absolute Gasteiger partial charge is 0.324 e. The minimum absolute atomic E-state index is 0.0339. The predicted octanol–water partition coefficient (Wildman–Crippen LogP) is 3.27. The quantitative estimate of drug-likeness (QED) is 0.577. The standard InChI is InChI=1S/C20H20ClN3O4S/c21-15-9-10-19-22-16(13-23(19)12-15)14-28-20(25)18-8-4-5-11-24(18)29(26,27)17-6-2-1-3-7-17/h1-3,6-7,9-10,12-13,18H,4-5,8,11,14H2. The maximum absolute atomic E-state index is 13.0. The summed E-state index contributed by atoms with van der Waals surface area (Å²) < 4.78 is 34.5. The number of hydrogen-bond donors (Lipinski definition) is 0. The molecule has 29 heavy (non-hydrogen) atoms. The van der Waals surface area contributed by atoms with E-state index < -0.39 is 22.0 Å². The van der Waals surface area contributed by atoms with Crippen molar-refractivity contribution < 1.29 is 17.9 Å². The van der Waals surface area contributed by atoms with Gasteiger partial charge >= 0.3 is 5.97 Å². The molecule has 0 amide bonds. The van der Waals surface area contributed by atoms with Gasteiger partial charge in [0.15, 0.2) is 0 Å². The van der Waals surface area contributed by atoms with Crippen LogP contribution < -0.4 is 0 Å². The van der Waals surface area contributed by atoms with Crippen LogP contribution in [0.5, 0.6) is 0 Å². The lowest BCUT2D eigenvalue weighted by atomic mass is 10.1. The number of pyridine rings is 1. The van der Waals surface area contributed by atoms with Crippen molar-refractivity contribution in [1.82, 2.24) is 13.7 Å². The van der Waals surface area contributed by atoms with Gasteiger partial charge in [-0.2, -0.15) is 4.31 Å². The number of esters is 1. The first-order valence-corrected chi connectivity index (χ1v) is 11.1. The predicted molar refractivity (Wildman–Crippen MR) is 108 cm³/mol. The summed E-state index contributed by atoms with van der Waals surface area (Å²) in [4.78, 5) is 17.3. The number of benzene rings is 1. The first-order valence-electron chi connectivity index (χ1n) is 9.32. The first kappa shape index (κ1) is 19.9. The number of aromatic nitrogens is 2. The second kappa shape index (κ2) is 8.14. The van der Waals surface area contributed by atoms with E-state index in [4.69, 9.17) is 16.3 Å². The Hall–Kier alpha value is -2.42. The van der Waals surface area contributed by atoms with E-state index >= 15 is 0 Å². The van der Waals surface area contributed by atoms with Gasteiger partial charge < -0.3 is 9.14 Å². The van der Waals surface area contributed by atoms with E-state index in [9.17, 15) is 13.2 Å². The van der Waals surface area contributed by atoms with Crippen molar-refractivity contribution >= 4 is 33.2 Å². The highest BCUT2D eigenvalue weighted by molar-refractivity contribution is 7.89. The van der Waals surface area contributed by atoms with Gasteiger partial charge in [-0.15, -0.1) is 0 Å². The van der Waals surface area contributed by atoms with E-state index in [1.807, 2.05) is 0 Å². The average molecular weight is 434 g/mol. The Morgan fingerprint density at radius 2 is 1.93 bits per heavy atom. The van der Waals surface area contributed by atoms with Gasteiger partial charge in [-0.05, 0) is 43.5 Å². The highest BCUT2D eigenvalue weighted by Crippen LogP contribution is 2.26. The van der Waals surface area contributed by atoms with Crippen molar-refractivity contribution in [2.75, 3.05) is 6.54 Å². The fraction of sp³-hybridized carbons (Fsp3) is 0.300. The summed E-state index contributed by atoms with van der Waals surface area (Å²) in [6.45, 7) is 0.262. The van der Waals surface area contributed by atoms with Gasteiger partial charge in [-0.3, -0.25) is 4.79 Å². The molecule has 7 nitrogen and oxygen atoms in total. The molecular weight excluding hydrogens is 414 g/mol. The second-order valence-corrected chi connectivity index (χ2v) is 9.22. The Bertz CT molecular complexity index is 1130. The van der Waals surface area contributed by atoms with Crippen LogP contribution in [0.2, 0.25) is 5.02 Å². The summed E-state index contributed by atoms with van der Waals surface area (Å²) in [6, 6.07) is 10.8. The molecule has 0 bridgehead atoms. The third kappa shape index (κ3) is 4.14. The molecule has 3 aromatic rings. The SMILES string of the molecule is O=C(OCc1cn2cc(Cl)ccc2n1)C1CCCCN1S(=O)(=O)c1ccccc1. The third-order valence-electron chi connectivity index (χ3n) is 4.90. The van der Waals surface area contributed by atoms with E-state index in [1.54, 1.807) is 47.1 Å². The number of halogens is 1. The molecule has 0 aliphatic carbocycles. The van der Waals surface area contributed by atoms with E-state index in [0.29, 0.717) is 35.8 Å². The van der Waals surface area contributed by atoms with Crippen LogP contribution in [0, 0.1) is 0 Å². The number of nitrogens with zero attached hydrogens (tertiary/aromatic N) is 3. The molecule has 0 radical (unpaired) electrons. The summed E-state index contributed by atoms with van der Waals surface area (Å²) in [7, 11) is -3.77. The lowest BCUT2D eigenvalue weighted by Crippen LogP contribution is -2.48. The molecule has 1 aliphatic heterocycles. The lowest BCUT2D eigenvalue weighted by Gasteiger charge is -2.32. The molecule has 1 aliphatic rings. The minimum Gasteiger partial charge on any atom is -0.458 e. The fourth-order valence-corrected chi connectivity index (χ4v) is 5.32. The summed E-state index contributed by atoms with van der Waals surface area (Å²) in [5, 5.41) is 0.572. The molecule has 1 atom stereocenters. The van der Waals surface area contributed by atoms with E-state index in [0.717, 1.165) is 6.42 Å². The highest BCUT2D eigenvalue weighted by atomic mass is 35.5. The monoisotopic (exact) mass is 433 g/mol. The highest BCUT2D eigenvalue weighted by Gasteiger charge is 2.38. The van der Waals surface area contributed by atoms with E-state index in [2.05, 4.69) is 4.98 Å². The zero-order valence-electron chi connectivity index (χ0n) is 15.6. The fourth-order valence-electron chi connectivity index (χ4n) is 3.48. The van der Waals surface area contributed by atoms with Crippen molar-refractivity contribution in [3.8, 4) is 0 Å². The molecule has 0 N–H and O–H groups in total. The van der Waals surface area contributed by atoms with Gasteiger partial charge in [0.25, 0.3) is 0 Å². The van der Waals surface area contributed by atoms with Crippen molar-refractivity contribution in [2.45, 2.75) is 36.8 Å². The molecule has 9 heteroatoms. The van der Waals surface area contributed by atoms with Gasteiger partial charge in [0.05, 0.1) is 15.6 Å². The normalized spacial score (nSPS) is 18.0. The largest absolute Gasteiger partial charge is 0.458 e. The maximum Gasteiger partial charge on any atom is 0.324 e. The zero-order chi connectivity index (χ0) is 20.4. The number of fused-ring (bicyclic) bond motifs is 1. The Morgan fingerprint density at radius 3 is 2.72 bits per heavy atom. The second-order valence-electron chi connectivity index (χ2n) is 6.89. The molecule has 3 heterocycles. The van der Waals surface area contributed by atoms with E-state index in [1.165, 1.54) is 16.4 Å². The van der Waals surface area contributed by atoms with Gasteiger partial charge in [0, 0.05) is 18.9 Å². The minimum atomic E-state index is -3.77. The molecule has 4 rings (SSSR count). The Kier molecular flexibility index (Phi) is 5.58. The number of carbonyl (C=O) groups is 1. The van der Waals surface area contributed by atoms with Crippen LogP contribution in [0.3, 0.4) is 0 Å². The van der Waals surface area contributed by atoms with Gasteiger partial charge in [-0.25, -0.2) is 13.4 Å². The van der Waals surface area contributed by atoms with Crippen molar-refractivity contribution in [3.63, 3.8) is 0 Å². The van der Waals surface area contributed by atoms with Crippen molar-refractivity contribution in [3.05, 3.63) is 65.6 Å². The van der Waals surface area contributed by atoms with Crippen LogP contribution in [0.25, 0.3) is 5.65 Å². The molecule has 1 saturated heterocycles. The Morgan fingerprint density at radius 1 is 1.14 bits per heavy atom. The van der Waals surface area contributed by atoms with Gasteiger partial charge in [0.1, 0.15) is 18.3 Å². The number of sulfonamides is 1. The Labute approximate surface area is 173 Å². The van der Waals surface area contributed by atoms with Gasteiger partial charge in [-0.1, -0.05) is 29.8 Å². The van der Waals surface area contributed by atoms with E-state index in [-0.39, 0.29) is 11.5 Å². The maximum atomic E-state index is 13.0. The van der Waals surface area contributed by atoms with Crippen LogP contribution in [0.4, 0.5) is 0 Å². The molecule has 1 aromatic carbocycles. The lowest BCUT2D eigenvalue weighted by molar-refractivity contribution is -0.150. The molecular formula is C20H20ClN3O4S. The van der Waals surface area contributed by atoms with Gasteiger partial charge in [0.2, 0.25) is 10.0 Å². The third-order valence-corrected chi connectivity index (χ3v) is 7.05. The van der Waals surface area contributed by atoms with Crippen LogP contribution in [0.15, 0.2) is 59.8 Å². The average Bonchev–Trinajstić information content (AvgIpc) is 3.14. The van der Waals surface area contributed by atoms with Crippen LogP contribution in [-0.4, -0.2) is 40.7 Å². The number of ether oxygens (including phenoxy) is 1. The molecule has 1 unspecified atom stereocenters. The topological polar surface area (TPSA) is 81.0 Å². The molecule has 0 spiro atoms. The zero-order valence-corrected chi connectivity index (χ0v) is 17.1. The number of piperidine rings is 1. The number of hydrogen-bond acceptors (Lipinski definition) is 5. The van der Waals surface area contributed by atoms with Crippen LogP contribution in [-0.2, 0) is 26.2 Å². The molecule has 152 valence electrons. The molecule has 2 aromatic heterocycles. The molecule has 1 fully saturated rings. The van der Waals surface area contributed by atoms with Crippen molar-refractivity contribution in [1.29, 1.82) is 0 Å². The number of rotatable bonds is 5. The summed E-state index contributed by atoms with van der Waals surface area (Å²) in [6.07, 6.45) is 5.36.